The highest BCUT2D eigenvalue weighted by atomic mass is 32.2. The number of hydrogen-bond acceptors (Lipinski definition) is 5. The maximum atomic E-state index is 11.6. The van der Waals surface area contributed by atoms with Gasteiger partial charge in [-0.15, -0.1) is 0 Å². The van der Waals surface area contributed by atoms with Crippen LogP contribution >= 0.6 is 0 Å². The molecule has 1 rings (SSSR count). The van der Waals surface area contributed by atoms with Crippen LogP contribution < -0.4 is 0 Å². The van der Waals surface area contributed by atoms with Gasteiger partial charge in [0, 0.05) is 19.2 Å². The van der Waals surface area contributed by atoms with Crippen LogP contribution in [0.4, 0.5) is 5.69 Å². The van der Waals surface area contributed by atoms with E-state index in [4.69, 9.17) is 4.74 Å². The van der Waals surface area contributed by atoms with E-state index in [2.05, 4.69) is 0 Å². The molecule has 0 radical (unpaired) electrons. The van der Waals surface area contributed by atoms with Crippen molar-refractivity contribution in [3.63, 3.8) is 0 Å². The minimum atomic E-state index is -3.22. The van der Waals surface area contributed by atoms with Crippen molar-refractivity contribution in [2.24, 2.45) is 0 Å². The molecule has 0 fully saturated rings. The molecule has 0 saturated carbocycles. The first kappa shape index (κ1) is 13.6. The molecule has 7 heteroatoms. The second kappa shape index (κ2) is 5.74. The largest absolute Gasteiger partial charge is 0.384 e. The smallest absolute Gasteiger partial charge is 0.269 e. The molecule has 0 unspecified atom stereocenters. The molecular weight excluding hydrogens is 246 g/mol. The number of nitro groups is 1. The Bertz CT molecular complexity index is 480. The van der Waals surface area contributed by atoms with Crippen molar-refractivity contribution in [1.82, 2.24) is 0 Å². The van der Waals surface area contributed by atoms with Crippen LogP contribution in [0.2, 0.25) is 0 Å². The van der Waals surface area contributed by atoms with Gasteiger partial charge in [0.15, 0.2) is 9.84 Å². The van der Waals surface area contributed by atoms with Gasteiger partial charge in [-0.3, -0.25) is 10.1 Å². The van der Waals surface area contributed by atoms with E-state index in [9.17, 15) is 18.5 Å². The maximum absolute atomic E-state index is 11.6. The first-order chi connectivity index (χ1) is 7.94. The molecule has 17 heavy (non-hydrogen) atoms. The van der Waals surface area contributed by atoms with Crippen LogP contribution in [0.25, 0.3) is 0 Å². The van der Waals surface area contributed by atoms with Gasteiger partial charge in [0.2, 0.25) is 0 Å². The van der Waals surface area contributed by atoms with E-state index < -0.39 is 14.8 Å². The topological polar surface area (TPSA) is 86.5 Å². The lowest BCUT2D eigenvalue weighted by atomic mass is 10.2. The van der Waals surface area contributed by atoms with Crippen molar-refractivity contribution in [3.05, 3.63) is 39.9 Å². The van der Waals surface area contributed by atoms with Crippen molar-refractivity contribution >= 4 is 15.5 Å². The molecule has 94 valence electrons. The summed E-state index contributed by atoms with van der Waals surface area (Å²) in [6.45, 7) is 0.148. The molecule has 0 aliphatic carbocycles. The average Bonchev–Trinajstić information content (AvgIpc) is 2.26. The number of non-ortho nitro benzene ring substituents is 1. The van der Waals surface area contributed by atoms with Gasteiger partial charge in [-0.25, -0.2) is 8.42 Å². The van der Waals surface area contributed by atoms with Crippen LogP contribution in [-0.2, 0) is 20.3 Å². The molecule has 0 bridgehead atoms. The van der Waals surface area contributed by atoms with Gasteiger partial charge in [0.25, 0.3) is 5.69 Å². The Hall–Kier alpha value is -1.47. The Morgan fingerprint density at radius 1 is 1.29 bits per heavy atom. The van der Waals surface area contributed by atoms with Crippen LogP contribution in [0.15, 0.2) is 24.3 Å². The summed E-state index contributed by atoms with van der Waals surface area (Å²) in [5.74, 6) is -0.186. The van der Waals surface area contributed by atoms with Crippen molar-refractivity contribution in [2.75, 3.05) is 19.5 Å². The van der Waals surface area contributed by atoms with Crippen molar-refractivity contribution in [2.45, 2.75) is 5.75 Å². The number of hydrogen-bond donors (Lipinski definition) is 0. The van der Waals surface area contributed by atoms with Crippen LogP contribution in [0.5, 0.6) is 0 Å². The third-order valence-corrected chi connectivity index (χ3v) is 3.69. The second-order valence-corrected chi connectivity index (χ2v) is 5.69. The van der Waals surface area contributed by atoms with Crippen LogP contribution in [0.3, 0.4) is 0 Å². The van der Waals surface area contributed by atoms with Gasteiger partial charge < -0.3 is 4.74 Å². The average molecular weight is 259 g/mol. The van der Waals surface area contributed by atoms with E-state index in [1.807, 2.05) is 0 Å². The normalized spacial score (nSPS) is 11.4. The Labute approximate surface area is 99.3 Å². The highest BCUT2D eigenvalue weighted by molar-refractivity contribution is 7.90. The van der Waals surface area contributed by atoms with Gasteiger partial charge in [0.1, 0.15) is 0 Å². The number of benzene rings is 1. The number of rotatable bonds is 6. The van der Waals surface area contributed by atoms with Crippen molar-refractivity contribution in [1.29, 1.82) is 0 Å². The monoisotopic (exact) mass is 259 g/mol. The Balaban J connectivity index is 2.72. The van der Waals surface area contributed by atoms with Gasteiger partial charge in [-0.1, -0.05) is 12.1 Å². The fourth-order valence-corrected chi connectivity index (χ4v) is 2.52. The summed E-state index contributed by atoms with van der Waals surface area (Å²) in [6.07, 6.45) is 0. The molecule has 0 amide bonds. The summed E-state index contributed by atoms with van der Waals surface area (Å²) in [5.41, 5.74) is 0.481. The van der Waals surface area contributed by atoms with Crippen molar-refractivity contribution in [3.8, 4) is 0 Å². The van der Waals surface area contributed by atoms with Crippen LogP contribution in [0.1, 0.15) is 5.56 Å². The van der Waals surface area contributed by atoms with E-state index in [-0.39, 0.29) is 23.8 Å². The van der Waals surface area contributed by atoms with Crippen molar-refractivity contribution < 1.29 is 18.1 Å². The fraction of sp³-hybridized carbons (Fsp3) is 0.400. The van der Waals surface area contributed by atoms with E-state index in [1.165, 1.54) is 31.4 Å². The van der Waals surface area contributed by atoms with Gasteiger partial charge in [-0.05, 0) is 5.56 Å². The molecule has 1 aromatic rings. The molecule has 0 spiro atoms. The molecule has 6 nitrogen and oxygen atoms in total. The summed E-state index contributed by atoms with van der Waals surface area (Å²) in [6, 6.07) is 5.48. The lowest BCUT2D eigenvalue weighted by molar-refractivity contribution is -0.384. The van der Waals surface area contributed by atoms with Crippen LogP contribution in [-0.4, -0.2) is 32.8 Å². The molecule has 0 atom stereocenters. The maximum Gasteiger partial charge on any atom is 0.269 e. The van der Waals surface area contributed by atoms with Gasteiger partial charge >= 0.3 is 0 Å². The van der Waals surface area contributed by atoms with Gasteiger partial charge in [0.05, 0.1) is 23.0 Å². The number of nitro benzene ring substituents is 1. The zero-order valence-electron chi connectivity index (χ0n) is 9.33. The molecule has 1 aromatic carbocycles. The first-order valence-electron chi connectivity index (χ1n) is 4.87. The molecule has 0 saturated heterocycles. The molecule has 0 aromatic heterocycles. The lowest BCUT2D eigenvalue weighted by Gasteiger charge is -2.03. The highest BCUT2D eigenvalue weighted by Crippen LogP contribution is 2.14. The summed E-state index contributed by atoms with van der Waals surface area (Å²) in [5, 5.41) is 10.4. The van der Waals surface area contributed by atoms with Crippen LogP contribution in [0, 0.1) is 10.1 Å². The summed E-state index contributed by atoms with van der Waals surface area (Å²) < 4.78 is 27.8. The molecule has 0 heterocycles. The Kier molecular flexibility index (Phi) is 4.59. The Morgan fingerprint density at radius 2 is 1.88 bits per heavy atom. The van der Waals surface area contributed by atoms with E-state index >= 15 is 0 Å². The molecule has 0 aliphatic rings. The third-order valence-electron chi connectivity index (χ3n) is 2.13. The summed E-state index contributed by atoms with van der Waals surface area (Å²) in [7, 11) is -1.79. The molecule has 0 N–H and O–H groups in total. The third kappa shape index (κ3) is 4.49. The zero-order chi connectivity index (χ0) is 12.9. The highest BCUT2D eigenvalue weighted by Gasteiger charge is 2.12. The number of nitrogens with zero attached hydrogens (tertiary/aromatic N) is 1. The first-order valence-corrected chi connectivity index (χ1v) is 6.69. The second-order valence-electron chi connectivity index (χ2n) is 3.51. The minimum absolute atomic E-state index is 0.0527. The standard InChI is InChI=1S/C10H13NO5S/c1-16-6-7-17(14,15)8-9-2-4-10(5-3-9)11(12)13/h2-5H,6-8H2,1H3. The Morgan fingerprint density at radius 3 is 2.35 bits per heavy atom. The predicted molar refractivity (Wildman–Crippen MR) is 62.5 cm³/mol. The minimum Gasteiger partial charge on any atom is -0.384 e. The molecule has 0 aliphatic heterocycles. The van der Waals surface area contributed by atoms with E-state index in [0.717, 1.165) is 0 Å². The number of ether oxygens (including phenoxy) is 1. The van der Waals surface area contributed by atoms with Gasteiger partial charge in [-0.2, -0.15) is 0 Å². The lowest BCUT2D eigenvalue weighted by Crippen LogP contribution is -2.13. The fourth-order valence-electron chi connectivity index (χ4n) is 1.25. The van der Waals surface area contributed by atoms with E-state index in [0.29, 0.717) is 5.56 Å². The predicted octanol–water partition coefficient (Wildman–Crippen LogP) is 1.16. The summed E-state index contributed by atoms with van der Waals surface area (Å²) >= 11 is 0. The summed E-state index contributed by atoms with van der Waals surface area (Å²) in [4.78, 5) is 9.88. The number of methoxy groups -OCH3 is 1. The van der Waals surface area contributed by atoms with E-state index in [1.54, 1.807) is 0 Å². The molecular formula is C10H13NO5S. The quantitative estimate of drug-likeness (QED) is 0.565. The number of sulfone groups is 1. The SMILES string of the molecule is COCCS(=O)(=O)Cc1ccc([N+](=O)[O-])cc1. The zero-order valence-corrected chi connectivity index (χ0v) is 10.1.